The summed E-state index contributed by atoms with van der Waals surface area (Å²) in [7, 11) is 0. The Labute approximate surface area is 156 Å². The van der Waals surface area contributed by atoms with Crippen LogP contribution >= 0.6 is 0 Å². The molecule has 1 saturated heterocycles. The minimum absolute atomic E-state index is 0.105. The Morgan fingerprint density at radius 3 is 2.31 bits per heavy atom. The maximum atomic E-state index is 12.2. The molecule has 0 aliphatic carbocycles. The predicted molar refractivity (Wildman–Crippen MR) is 104 cm³/mol. The summed E-state index contributed by atoms with van der Waals surface area (Å²) >= 11 is 0. The second-order valence-electron chi connectivity index (χ2n) is 7.09. The van der Waals surface area contributed by atoms with Crippen LogP contribution in [0.1, 0.15) is 36.5 Å². The Balaban J connectivity index is 1.45. The van der Waals surface area contributed by atoms with Gasteiger partial charge in [-0.15, -0.1) is 0 Å². The molecule has 2 aromatic rings. The number of amides is 1. The van der Waals surface area contributed by atoms with Gasteiger partial charge in [-0.25, -0.2) is 0 Å². The summed E-state index contributed by atoms with van der Waals surface area (Å²) in [4.78, 5) is 14.7. The van der Waals surface area contributed by atoms with Crippen molar-refractivity contribution < 1.29 is 9.53 Å². The molecule has 4 heteroatoms. The summed E-state index contributed by atoms with van der Waals surface area (Å²) in [5, 5.41) is 2.95. The molecule has 1 aliphatic rings. The van der Waals surface area contributed by atoms with Crippen LogP contribution in [0.2, 0.25) is 0 Å². The molecular weight excluding hydrogens is 324 g/mol. The summed E-state index contributed by atoms with van der Waals surface area (Å²) in [5.74, 6) is 0.608. The zero-order valence-corrected chi connectivity index (χ0v) is 15.7. The highest BCUT2D eigenvalue weighted by Gasteiger charge is 2.14. The molecule has 0 radical (unpaired) electrons. The number of hydrogen-bond acceptors (Lipinski definition) is 3. The lowest BCUT2D eigenvalue weighted by Crippen LogP contribution is -2.35. The first kappa shape index (κ1) is 18.5. The van der Waals surface area contributed by atoms with Crippen LogP contribution in [-0.2, 0) is 17.9 Å². The average molecular weight is 352 g/mol. The van der Waals surface area contributed by atoms with Crippen molar-refractivity contribution >= 4 is 5.91 Å². The molecule has 3 rings (SSSR count). The van der Waals surface area contributed by atoms with Crippen molar-refractivity contribution in [3.63, 3.8) is 0 Å². The second kappa shape index (κ2) is 8.86. The van der Waals surface area contributed by atoms with Crippen LogP contribution in [0.5, 0.6) is 5.75 Å². The highest BCUT2D eigenvalue weighted by molar-refractivity contribution is 5.80. The van der Waals surface area contributed by atoms with Gasteiger partial charge in [0.15, 0.2) is 6.10 Å². The van der Waals surface area contributed by atoms with Crippen molar-refractivity contribution in [3.05, 3.63) is 65.2 Å². The van der Waals surface area contributed by atoms with Crippen molar-refractivity contribution in [1.29, 1.82) is 0 Å². The number of carbonyl (C=O) groups is 1. The predicted octanol–water partition coefficient (Wildman–Crippen LogP) is 3.67. The van der Waals surface area contributed by atoms with Crippen molar-refractivity contribution in [3.8, 4) is 5.75 Å². The minimum Gasteiger partial charge on any atom is -0.481 e. The highest BCUT2D eigenvalue weighted by atomic mass is 16.5. The van der Waals surface area contributed by atoms with Crippen LogP contribution in [0.3, 0.4) is 0 Å². The first-order valence-corrected chi connectivity index (χ1v) is 9.41. The molecule has 1 N–H and O–H groups in total. The summed E-state index contributed by atoms with van der Waals surface area (Å²) in [6.45, 7) is 7.75. The highest BCUT2D eigenvalue weighted by Crippen LogP contribution is 2.14. The maximum Gasteiger partial charge on any atom is 0.261 e. The van der Waals surface area contributed by atoms with E-state index in [-0.39, 0.29) is 5.91 Å². The number of nitrogens with one attached hydrogen (secondary N) is 1. The SMILES string of the molecule is Cc1ccc(O[C@@H](C)C(=O)NCc2ccc(CN3CCCC3)cc2)cc1. The van der Waals surface area contributed by atoms with Crippen LogP contribution in [0.25, 0.3) is 0 Å². The topological polar surface area (TPSA) is 41.6 Å². The van der Waals surface area contributed by atoms with E-state index >= 15 is 0 Å². The van der Waals surface area contributed by atoms with Crippen molar-refractivity contribution in [2.75, 3.05) is 13.1 Å². The zero-order valence-electron chi connectivity index (χ0n) is 15.7. The number of benzene rings is 2. The second-order valence-corrected chi connectivity index (χ2v) is 7.09. The van der Waals surface area contributed by atoms with Crippen LogP contribution in [-0.4, -0.2) is 30.0 Å². The molecule has 138 valence electrons. The standard InChI is InChI=1S/C22H28N2O2/c1-17-5-11-21(12-6-17)26-18(2)22(25)23-15-19-7-9-20(10-8-19)16-24-13-3-4-14-24/h5-12,18H,3-4,13-16H2,1-2H3,(H,23,25)/t18-/m0/s1. The van der Waals surface area contributed by atoms with Gasteiger partial charge in [-0.3, -0.25) is 9.69 Å². The Morgan fingerprint density at radius 1 is 1.04 bits per heavy atom. The largest absolute Gasteiger partial charge is 0.481 e. The monoisotopic (exact) mass is 352 g/mol. The van der Waals surface area contributed by atoms with E-state index in [9.17, 15) is 4.79 Å². The Hall–Kier alpha value is -2.33. The van der Waals surface area contributed by atoms with Crippen LogP contribution < -0.4 is 10.1 Å². The molecule has 0 spiro atoms. The number of aryl methyl sites for hydroxylation is 1. The van der Waals surface area contributed by atoms with Gasteiger partial charge in [0.1, 0.15) is 5.75 Å². The van der Waals surface area contributed by atoms with E-state index in [0.29, 0.717) is 12.3 Å². The van der Waals surface area contributed by atoms with Gasteiger partial charge in [0.25, 0.3) is 5.91 Å². The lowest BCUT2D eigenvalue weighted by atomic mass is 10.1. The third-order valence-corrected chi connectivity index (χ3v) is 4.80. The van der Waals surface area contributed by atoms with Crippen LogP contribution in [0.15, 0.2) is 48.5 Å². The number of nitrogens with zero attached hydrogens (tertiary/aromatic N) is 1. The van der Waals surface area contributed by atoms with E-state index in [1.807, 2.05) is 31.2 Å². The van der Waals surface area contributed by atoms with Gasteiger partial charge < -0.3 is 10.1 Å². The van der Waals surface area contributed by atoms with Gasteiger partial charge in [0.2, 0.25) is 0 Å². The summed E-state index contributed by atoms with van der Waals surface area (Å²) in [6, 6.07) is 16.2. The molecule has 1 aliphatic heterocycles. The molecule has 1 fully saturated rings. The van der Waals surface area contributed by atoms with Gasteiger partial charge in [0.05, 0.1) is 0 Å². The van der Waals surface area contributed by atoms with E-state index in [1.54, 1.807) is 6.92 Å². The maximum absolute atomic E-state index is 12.2. The smallest absolute Gasteiger partial charge is 0.261 e. The fourth-order valence-corrected chi connectivity index (χ4v) is 3.17. The molecule has 0 aromatic heterocycles. The van der Waals surface area contributed by atoms with Crippen molar-refractivity contribution in [2.45, 2.75) is 45.9 Å². The third kappa shape index (κ3) is 5.33. The third-order valence-electron chi connectivity index (χ3n) is 4.80. The summed E-state index contributed by atoms with van der Waals surface area (Å²) in [6.07, 6.45) is 2.10. The van der Waals surface area contributed by atoms with Gasteiger partial charge in [-0.2, -0.15) is 0 Å². The molecule has 1 amide bonds. The normalized spacial score (nSPS) is 15.6. The lowest BCUT2D eigenvalue weighted by molar-refractivity contribution is -0.127. The fraction of sp³-hybridized carbons (Fsp3) is 0.409. The first-order valence-electron chi connectivity index (χ1n) is 9.41. The molecule has 1 atom stereocenters. The van der Waals surface area contributed by atoms with Gasteiger partial charge in [-0.05, 0) is 63.0 Å². The van der Waals surface area contributed by atoms with E-state index in [1.165, 1.54) is 37.1 Å². The van der Waals surface area contributed by atoms with Crippen LogP contribution in [0.4, 0.5) is 0 Å². The molecule has 0 saturated carbocycles. The minimum atomic E-state index is -0.521. The lowest BCUT2D eigenvalue weighted by Gasteiger charge is -2.16. The van der Waals surface area contributed by atoms with E-state index in [2.05, 4.69) is 34.5 Å². The zero-order chi connectivity index (χ0) is 18.4. The van der Waals surface area contributed by atoms with Crippen molar-refractivity contribution in [1.82, 2.24) is 10.2 Å². The molecule has 0 unspecified atom stereocenters. The van der Waals surface area contributed by atoms with Gasteiger partial charge in [0, 0.05) is 13.1 Å². The number of ether oxygens (including phenoxy) is 1. The number of rotatable bonds is 7. The quantitative estimate of drug-likeness (QED) is 0.827. The Morgan fingerprint density at radius 2 is 1.65 bits per heavy atom. The molecule has 4 nitrogen and oxygen atoms in total. The molecule has 0 bridgehead atoms. The Kier molecular flexibility index (Phi) is 6.29. The average Bonchev–Trinajstić information content (AvgIpc) is 3.16. The van der Waals surface area contributed by atoms with Gasteiger partial charge >= 0.3 is 0 Å². The Bertz CT molecular complexity index is 704. The number of hydrogen-bond donors (Lipinski definition) is 1. The first-order chi connectivity index (χ1) is 12.6. The van der Waals surface area contributed by atoms with Crippen LogP contribution in [0, 0.1) is 6.92 Å². The van der Waals surface area contributed by atoms with E-state index in [0.717, 1.165) is 12.1 Å². The molecule has 2 aromatic carbocycles. The van der Waals surface area contributed by atoms with E-state index < -0.39 is 6.10 Å². The molecule has 26 heavy (non-hydrogen) atoms. The van der Waals surface area contributed by atoms with E-state index in [4.69, 9.17) is 4.74 Å². The molecular formula is C22H28N2O2. The van der Waals surface area contributed by atoms with Gasteiger partial charge in [-0.1, -0.05) is 42.0 Å². The fourth-order valence-electron chi connectivity index (χ4n) is 3.17. The number of likely N-dealkylation sites (tertiary alicyclic amines) is 1. The molecule has 1 heterocycles. The number of carbonyl (C=O) groups excluding carboxylic acids is 1. The summed E-state index contributed by atoms with van der Waals surface area (Å²) < 4.78 is 5.70. The van der Waals surface area contributed by atoms with Crippen molar-refractivity contribution in [2.24, 2.45) is 0 Å². The summed E-state index contributed by atoms with van der Waals surface area (Å²) in [5.41, 5.74) is 3.60.